The SMILES string of the molecule is CCC(CC)CCCN1C(=O)c2cc(-c3ccc(-c4cc5c6c(c(OCCOC)cc7c6c4C(=O)N(CCCC(CC)CC)C7=O)C(=O)N(CCCC(CC)CC)C5=O)s3)c3c4c(cc(OCCOC)c(c24)C1=O)C(=O)N(CCCC(CC)CC)C3=O. The van der Waals surface area contributed by atoms with Crippen LogP contribution in [-0.4, -0.2) is 134 Å². The van der Waals surface area contributed by atoms with Crippen molar-refractivity contribution in [1.29, 1.82) is 0 Å². The highest BCUT2D eigenvalue weighted by molar-refractivity contribution is 7.19. The number of carbonyl (C=O) groups excluding carboxylic acids is 8. The van der Waals surface area contributed by atoms with Crippen LogP contribution in [0.1, 0.15) is 241 Å². The van der Waals surface area contributed by atoms with Crippen LogP contribution in [0.5, 0.6) is 11.5 Å². The molecule has 466 valence electrons. The summed E-state index contributed by atoms with van der Waals surface area (Å²) in [5, 5.41) is 0.756. The van der Waals surface area contributed by atoms with Gasteiger partial charge in [-0.2, -0.15) is 0 Å². The summed E-state index contributed by atoms with van der Waals surface area (Å²) >= 11 is 1.23. The van der Waals surface area contributed by atoms with Gasteiger partial charge in [-0.3, -0.25) is 58.0 Å². The fourth-order valence-electron chi connectivity index (χ4n) is 13.7. The molecule has 16 nitrogen and oxygen atoms in total. The number of thiophene rings is 1. The summed E-state index contributed by atoms with van der Waals surface area (Å²) in [6, 6.07) is 10.1. The molecule has 0 spiro atoms. The van der Waals surface area contributed by atoms with E-state index in [-0.39, 0.29) is 130 Å². The molecule has 5 aromatic rings. The second-order valence-corrected chi connectivity index (χ2v) is 25.1. The van der Waals surface area contributed by atoms with E-state index in [1.54, 1.807) is 24.3 Å². The predicted molar refractivity (Wildman–Crippen MR) is 340 cm³/mol. The average molecular weight is 1210 g/mol. The smallest absolute Gasteiger partial charge is 0.265 e. The van der Waals surface area contributed by atoms with Gasteiger partial charge in [0.15, 0.2) is 0 Å². The fourth-order valence-corrected chi connectivity index (χ4v) is 14.8. The molecule has 87 heavy (non-hydrogen) atoms. The minimum atomic E-state index is -0.570. The average Bonchev–Trinajstić information content (AvgIpc) is 1.24. The first-order chi connectivity index (χ1) is 42.1. The van der Waals surface area contributed by atoms with Gasteiger partial charge in [0.1, 0.15) is 24.7 Å². The van der Waals surface area contributed by atoms with E-state index in [0.717, 1.165) is 77.0 Å². The van der Waals surface area contributed by atoms with Crippen LogP contribution in [0.2, 0.25) is 0 Å². The molecule has 17 heteroatoms. The number of carbonyl (C=O) groups is 8. The lowest BCUT2D eigenvalue weighted by atomic mass is 9.82. The minimum Gasteiger partial charge on any atom is -0.490 e. The molecule has 1 aromatic heterocycles. The van der Waals surface area contributed by atoms with E-state index in [2.05, 4.69) is 55.4 Å². The molecule has 0 saturated carbocycles. The predicted octanol–water partition coefficient (Wildman–Crippen LogP) is 14.7. The Morgan fingerprint density at radius 2 is 0.609 bits per heavy atom. The lowest BCUT2D eigenvalue weighted by Crippen LogP contribution is -2.44. The van der Waals surface area contributed by atoms with Gasteiger partial charge in [-0.1, -0.05) is 107 Å². The summed E-state index contributed by atoms with van der Waals surface area (Å²) < 4.78 is 23.3. The molecule has 5 heterocycles. The number of hydrogen-bond acceptors (Lipinski definition) is 13. The second-order valence-electron chi connectivity index (χ2n) is 24.0. The minimum absolute atomic E-state index is 0.0460. The maximum atomic E-state index is 15.6. The van der Waals surface area contributed by atoms with Crippen molar-refractivity contribution in [3.05, 3.63) is 80.9 Å². The number of imide groups is 4. The fraction of sp³-hybridized carbons (Fsp3) is 0.543. The molecule has 9 rings (SSSR count). The van der Waals surface area contributed by atoms with Crippen LogP contribution in [0.3, 0.4) is 0 Å². The quantitative estimate of drug-likeness (QED) is 0.0281. The number of benzene rings is 4. The third kappa shape index (κ3) is 12.3. The number of ether oxygens (including phenoxy) is 4. The van der Waals surface area contributed by atoms with Crippen molar-refractivity contribution >= 4 is 80.1 Å². The molecule has 0 bridgehead atoms. The van der Waals surface area contributed by atoms with Crippen molar-refractivity contribution in [2.45, 2.75) is 158 Å². The first kappa shape index (κ1) is 64.6. The monoisotopic (exact) mass is 1210 g/mol. The van der Waals surface area contributed by atoms with Crippen molar-refractivity contribution in [3.63, 3.8) is 0 Å². The van der Waals surface area contributed by atoms with E-state index in [4.69, 9.17) is 18.9 Å². The van der Waals surface area contributed by atoms with E-state index in [1.165, 1.54) is 45.2 Å². The zero-order chi connectivity index (χ0) is 62.4. The Morgan fingerprint density at radius 3 is 0.885 bits per heavy atom. The van der Waals surface area contributed by atoms with E-state index in [9.17, 15) is 0 Å². The number of nitrogens with zero attached hydrogens (tertiary/aromatic N) is 4. The molecule has 0 fully saturated rings. The molecule has 0 radical (unpaired) electrons. The van der Waals surface area contributed by atoms with Gasteiger partial charge in [0, 0.05) is 94.0 Å². The van der Waals surface area contributed by atoms with Gasteiger partial charge in [0.2, 0.25) is 0 Å². The van der Waals surface area contributed by atoms with Crippen molar-refractivity contribution in [2.75, 3.05) is 66.8 Å². The topological polar surface area (TPSA) is 186 Å². The molecule has 0 atom stereocenters. The lowest BCUT2D eigenvalue weighted by Gasteiger charge is -2.34. The first-order valence-electron chi connectivity index (χ1n) is 32.3. The van der Waals surface area contributed by atoms with Crippen LogP contribution < -0.4 is 9.47 Å². The van der Waals surface area contributed by atoms with Crippen molar-refractivity contribution in [2.24, 2.45) is 23.7 Å². The van der Waals surface area contributed by atoms with E-state index >= 15 is 38.4 Å². The Bertz CT molecular complexity index is 3250. The Balaban J connectivity index is 1.28. The van der Waals surface area contributed by atoms with Gasteiger partial charge in [-0.25, -0.2) is 0 Å². The van der Waals surface area contributed by atoms with E-state index in [1.807, 2.05) is 12.1 Å². The molecule has 0 N–H and O–H groups in total. The second kappa shape index (κ2) is 28.6. The van der Waals surface area contributed by atoms with Crippen molar-refractivity contribution < 1.29 is 57.3 Å². The third-order valence-electron chi connectivity index (χ3n) is 19.3. The van der Waals surface area contributed by atoms with Gasteiger partial charge in [-0.05, 0) is 111 Å². The number of amides is 8. The highest BCUT2D eigenvalue weighted by Gasteiger charge is 2.46. The Hall–Kier alpha value is -6.82. The molecule has 8 amide bonds. The molecular formula is C70H88N4O12S. The van der Waals surface area contributed by atoms with Crippen LogP contribution in [0.4, 0.5) is 0 Å². The van der Waals surface area contributed by atoms with Gasteiger partial charge in [0.05, 0.1) is 46.6 Å². The van der Waals surface area contributed by atoms with E-state index in [0.29, 0.717) is 70.2 Å². The van der Waals surface area contributed by atoms with Gasteiger partial charge in [-0.15, -0.1) is 11.3 Å². The van der Waals surface area contributed by atoms with Crippen molar-refractivity contribution in [3.8, 4) is 32.4 Å². The summed E-state index contributed by atoms with van der Waals surface area (Å²) in [5.41, 5.74) is 1.73. The van der Waals surface area contributed by atoms with E-state index < -0.39 is 47.3 Å². The molecule has 4 aromatic carbocycles. The van der Waals surface area contributed by atoms with Crippen LogP contribution >= 0.6 is 11.3 Å². The van der Waals surface area contributed by atoms with Gasteiger partial charge in [0.25, 0.3) is 47.3 Å². The maximum Gasteiger partial charge on any atom is 0.265 e. The molecule has 0 aliphatic carbocycles. The molecular weight excluding hydrogens is 1120 g/mol. The largest absolute Gasteiger partial charge is 0.490 e. The van der Waals surface area contributed by atoms with Crippen LogP contribution in [0, 0.1) is 23.7 Å². The first-order valence-corrected chi connectivity index (χ1v) is 33.1. The molecule has 0 saturated heterocycles. The molecule has 4 aliphatic heterocycles. The van der Waals surface area contributed by atoms with Crippen LogP contribution in [0.15, 0.2) is 36.4 Å². The maximum absolute atomic E-state index is 15.6. The number of rotatable bonds is 34. The Labute approximate surface area is 516 Å². The van der Waals surface area contributed by atoms with Crippen LogP contribution in [0.25, 0.3) is 42.4 Å². The highest BCUT2D eigenvalue weighted by Crippen LogP contribution is 2.51. The Morgan fingerprint density at radius 1 is 0.345 bits per heavy atom. The number of methoxy groups -OCH3 is 2. The molecule has 4 aliphatic rings. The summed E-state index contributed by atoms with van der Waals surface area (Å²) in [6.07, 6.45) is 13.1. The summed E-state index contributed by atoms with van der Waals surface area (Å²) in [6.45, 7) is 18.0. The number of hydrogen-bond donors (Lipinski definition) is 0. The summed E-state index contributed by atoms with van der Waals surface area (Å²) in [7, 11) is 3.07. The zero-order valence-corrected chi connectivity index (χ0v) is 53.7. The zero-order valence-electron chi connectivity index (χ0n) is 52.8. The molecule has 0 unspecified atom stereocenters. The standard InChI is InChI=1S/C70H88N4O12S/c1-11-41(12-2)23-19-29-71-65(77)49-39-51(85-35-33-83-9)61-57-47(63(75)73(69(61)81)31-21-25-43(15-5)16-6)37-45(59(55(49)57)67(71)79)53-27-28-54(87-53)46-38-48-58-56-50(66(78)72(68(80)60(46)56)30-20-24-42(13-3)14-4)40-52(86-36-34-84-10)62(58)70(82)74(64(48)76)32-22-26-44(17-7)18-8/h27-28,37-44H,11-26,29-36H2,1-10H3. The highest BCUT2D eigenvalue weighted by atomic mass is 32.1. The normalized spacial score (nSPS) is 14.9. The third-order valence-corrected chi connectivity index (χ3v) is 20.4. The van der Waals surface area contributed by atoms with Gasteiger partial charge < -0.3 is 18.9 Å². The summed E-state index contributed by atoms with van der Waals surface area (Å²) in [4.78, 5) is 128. The van der Waals surface area contributed by atoms with Gasteiger partial charge >= 0.3 is 0 Å². The van der Waals surface area contributed by atoms with Crippen LogP contribution in [-0.2, 0) is 9.47 Å². The summed E-state index contributed by atoms with van der Waals surface area (Å²) in [5.74, 6) is -2.65. The lowest BCUT2D eigenvalue weighted by molar-refractivity contribution is 0.0581. The van der Waals surface area contributed by atoms with Crippen molar-refractivity contribution in [1.82, 2.24) is 19.6 Å². The Kier molecular flexibility index (Phi) is 21.2.